The van der Waals surface area contributed by atoms with E-state index in [-0.39, 0.29) is 17.4 Å². The van der Waals surface area contributed by atoms with Crippen molar-refractivity contribution in [3.63, 3.8) is 0 Å². The van der Waals surface area contributed by atoms with Gasteiger partial charge in [0.1, 0.15) is 6.04 Å². The highest BCUT2D eigenvalue weighted by Gasteiger charge is 2.30. The Labute approximate surface area is 183 Å². The zero-order chi connectivity index (χ0) is 22.6. The number of carbonyl (C=O) groups is 2. The van der Waals surface area contributed by atoms with Crippen molar-refractivity contribution in [1.82, 2.24) is 5.32 Å². The van der Waals surface area contributed by atoms with E-state index in [2.05, 4.69) is 29.8 Å². The van der Waals surface area contributed by atoms with Crippen molar-refractivity contribution in [3.8, 4) is 0 Å². The van der Waals surface area contributed by atoms with E-state index in [1.807, 2.05) is 19.1 Å². The first-order chi connectivity index (χ1) is 14.6. The lowest BCUT2D eigenvalue weighted by Gasteiger charge is -2.27. The van der Waals surface area contributed by atoms with Gasteiger partial charge in [-0.05, 0) is 48.6 Å². The second-order valence-corrected chi connectivity index (χ2v) is 10.5. The number of rotatable bonds is 8. The highest BCUT2D eigenvalue weighted by atomic mass is 32.2. The van der Waals surface area contributed by atoms with Gasteiger partial charge in [-0.1, -0.05) is 38.1 Å². The van der Waals surface area contributed by atoms with E-state index in [0.717, 1.165) is 17.5 Å². The van der Waals surface area contributed by atoms with Crippen LogP contribution < -0.4 is 16.0 Å². The lowest BCUT2D eigenvalue weighted by atomic mass is 10.1. The van der Waals surface area contributed by atoms with E-state index in [9.17, 15) is 18.0 Å². The molecule has 2 aromatic carbocycles. The summed E-state index contributed by atoms with van der Waals surface area (Å²) in [6.07, 6.45) is 0.883. The fourth-order valence-electron chi connectivity index (χ4n) is 3.40. The van der Waals surface area contributed by atoms with Gasteiger partial charge in [-0.2, -0.15) is 0 Å². The summed E-state index contributed by atoms with van der Waals surface area (Å²) >= 11 is 0. The monoisotopic (exact) mass is 443 g/mol. The summed E-state index contributed by atoms with van der Waals surface area (Å²) in [5, 5.41) is 8.60. The Bertz CT molecular complexity index is 1080. The van der Waals surface area contributed by atoms with Gasteiger partial charge < -0.3 is 16.0 Å². The number of hydrogen-bond donors (Lipinski definition) is 3. The second kappa shape index (κ2) is 9.51. The van der Waals surface area contributed by atoms with Gasteiger partial charge in [-0.15, -0.1) is 0 Å². The van der Waals surface area contributed by atoms with Gasteiger partial charge in [0.05, 0.1) is 22.9 Å². The molecule has 2 aromatic rings. The quantitative estimate of drug-likeness (QED) is 0.582. The SMILES string of the molecule is Cc1ccccc1CS(=O)(=O)CC1Nc2ccc(C(=O)NCCC(C)C)cc2NC1=O. The van der Waals surface area contributed by atoms with Crippen LogP contribution >= 0.6 is 0 Å². The zero-order valence-corrected chi connectivity index (χ0v) is 18.9. The molecular formula is C23H29N3O4S. The van der Waals surface area contributed by atoms with Crippen molar-refractivity contribution in [2.45, 2.75) is 39.0 Å². The van der Waals surface area contributed by atoms with Crippen LogP contribution in [-0.2, 0) is 20.4 Å². The van der Waals surface area contributed by atoms with Crippen molar-refractivity contribution in [2.75, 3.05) is 22.9 Å². The summed E-state index contributed by atoms with van der Waals surface area (Å²) in [5.74, 6) is -0.581. The lowest BCUT2D eigenvalue weighted by molar-refractivity contribution is -0.116. The molecule has 0 saturated heterocycles. The molecule has 3 rings (SSSR count). The van der Waals surface area contributed by atoms with Gasteiger partial charge >= 0.3 is 0 Å². The minimum Gasteiger partial charge on any atom is -0.371 e. The van der Waals surface area contributed by atoms with E-state index in [4.69, 9.17) is 0 Å². The summed E-state index contributed by atoms with van der Waals surface area (Å²) in [7, 11) is -3.52. The molecule has 1 unspecified atom stereocenters. The second-order valence-electron chi connectivity index (χ2n) is 8.37. The molecule has 0 fully saturated rings. The molecule has 166 valence electrons. The Morgan fingerprint density at radius 2 is 1.87 bits per heavy atom. The summed E-state index contributed by atoms with van der Waals surface area (Å²) < 4.78 is 25.4. The number of fused-ring (bicyclic) bond motifs is 1. The molecule has 0 radical (unpaired) electrons. The summed E-state index contributed by atoms with van der Waals surface area (Å²) in [5.41, 5.74) is 3.13. The van der Waals surface area contributed by atoms with Crippen LogP contribution in [0.5, 0.6) is 0 Å². The van der Waals surface area contributed by atoms with Crippen LogP contribution in [0.3, 0.4) is 0 Å². The van der Waals surface area contributed by atoms with Crippen molar-refractivity contribution in [1.29, 1.82) is 0 Å². The average molecular weight is 444 g/mol. The van der Waals surface area contributed by atoms with Crippen LogP contribution in [0.4, 0.5) is 11.4 Å². The molecule has 3 N–H and O–H groups in total. The van der Waals surface area contributed by atoms with Gasteiger partial charge in [-0.3, -0.25) is 9.59 Å². The Morgan fingerprint density at radius 1 is 1.13 bits per heavy atom. The Morgan fingerprint density at radius 3 is 2.58 bits per heavy atom. The highest BCUT2D eigenvalue weighted by molar-refractivity contribution is 7.90. The lowest BCUT2D eigenvalue weighted by Crippen LogP contribution is -2.43. The Balaban J connectivity index is 1.67. The number of sulfone groups is 1. The predicted molar refractivity (Wildman–Crippen MR) is 123 cm³/mol. The molecule has 7 nitrogen and oxygen atoms in total. The summed E-state index contributed by atoms with van der Waals surface area (Å²) in [4.78, 5) is 24.9. The number of benzene rings is 2. The number of amides is 2. The molecule has 2 amide bonds. The molecule has 0 aromatic heterocycles. The largest absolute Gasteiger partial charge is 0.371 e. The molecule has 1 aliphatic rings. The van der Waals surface area contributed by atoms with Crippen LogP contribution in [0.25, 0.3) is 0 Å². The maximum atomic E-state index is 12.7. The third-order valence-corrected chi connectivity index (χ3v) is 6.84. The van der Waals surface area contributed by atoms with Crippen molar-refractivity contribution >= 4 is 33.0 Å². The van der Waals surface area contributed by atoms with Crippen molar-refractivity contribution < 1.29 is 18.0 Å². The fourth-order valence-corrected chi connectivity index (χ4v) is 5.06. The molecule has 1 atom stereocenters. The van der Waals surface area contributed by atoms with E-state index in [1.54, 1.807) is 30.3 Å². The molecule has 1 heterocycles. The third kappa shape index (κ3) is 6.07. The molecule has 0 bridgehead atoms. The number of aryl methyl sites for hydroxylation is 1. The normalized spacial score (nSPS) is 15.7. The molecule has 0 saturated carbocycles. The maximum absolute atomic E-state index is 12.7. The molecule has 1 aliphatic heterocycles. The van der Waals surface area contributed by atoms with Crippen LogP contribution in [0.15, 0.2) is 42.5 Å². The van der Waals surface area contributed by atoms with Crippen LogP contribution in [0.1, 0.15) is 41.8 Å². The minimum absolute atomic E-state index is 0.118. The van der Waals surface area contributed by atoms with Crippen LogP contribution in [0.2, 0.25) is 0 Å². The first kappa shape index (κ1) is 22.8. The number of anilines is 2. The van der Waals surface area contributed by atoms with Gasteiger partial charge in [0.2, 0.25) is 5.91 Å². The third-order valence-electron chi connectivity index (χ3n) is 5.25. The first-order valence-electron chi connectivity index (χ1n) is 10.4. The van der Waals surface area contributed by atoms with E-state index >= 15 is 0 Å². The standard InChI is InChI=1S/C23H29N3O4S/c1-15(2)10-11-24-22(27)17-8-9-19-20(12-17)26-23(28)21(25-19)14-31(29,30)13-18-7-5-4-6-16(18)3/h4-9,12,15,21,25H,10-11,13-14H2,1-3H3,(H,24,27)(H,26,28). The molecule has 8 heteroatoms. The van der Waals surface area contributed by atoms with Gasteiger partial charge in [0.25, 0.3) is 5.91 Å². The van der Waals surface area contributed by atoms with Gasteiger partial charge in [0, 0.05) is 12.1 Å². The smallest absolute Gasteiger partial charge is 0.251 e. The van der Waals surface area contributed by atoms with Crippen LogP contribution in [-0.4, -0.2) is 38.6 Å². The number of carbonyl (C=O) groups excluding carboxylic acids is 2. The Kier molecular flexibility index (Phi) is 7.00. The zero-order valence-electron chi connectivity index (χ0n) is 18.1. The van der Waals surface area contributed by atoms with E-state index < -0.39 is 21.8 Å². The van der Waals surface area contributed by atoms with Crippen LogP contribution in [0, 0.1) is 12.8 Å². The summed E-state index contributed by atoms with van der Waals surface area (Å²) in [6, 6.07) is 11.4. The topological polar surface area (TPSA) is 104 Å². The van der Waals surface area contributed by atoms with Gasteiger partial charge in [0.15, 0.2) is 9.84 Å². The van der Waals surface area contributed by atoms with Crippen molar-refractivity contribution in [2.24, 2.45) is 5.92 Å². The average Bonchev–Trinajstić information content (AvgIpc) is 2.69. The summed E-state index contributed by atoms with van der Waals surface area (Å²) in [6.45, 7) is 6.62. The first-order valence-corrected chi connectivity index (χ1v) is 12.2. The predicted octanol–water partition coefficient (Wildman–Crippen LogP) is 3.12. The van der Waals surface area contributed by atoms with E-state index in [0.29, 0.717) is 29.4 Å². The highest BCUT2D eigenvalue weighted by Crippen LogP contribution is 2.28. The van der Waals surface area contributed by atoms with E-state index in [1.165, 1.54) is 0 Å². The Hall–Kier alpha value is -2.87. The molecular weight excluding hydrogens is 414 g/mol. The molecule has 0 spiro atoms. The minimum atomic E-state index is -3.52. The number of nitrogens with one attached hydrogen (secondary N) is 3. The fraction of sp³-hybridized carbons (Fsp3) is 0.391. The van der Waals surface area contributed by atoms with Crippen molar-refractivity contribution in [3.05, 3.63) is 59.2 Å². The number of hydrogen-bond acceptors (Lipinski definition) is 5. The molecule has 31 heavy (non-hydrogen) atoms. The molecule has 0 aliphatic carbocycles. The maximum Gasteiger partial charge on any atom is 0.251 e. The van der Waals surface area contributed by atoms with Gasteiger partial charge in [-0.25, -0.2) is 8.42 Å².